The first-order valence-corrected chi connectivity index (χ1v) is 8.77. The molecule has 0 bridgehead atoms. The second kappa shape index (κ2) is 10.2. The van der Waals surface area contributed by atoms with Crippen molar-refractivity contribution in [1.82, 2.24) is 15.1 Å². The average molecular weight is 297 g/mol. The van der Waals surface area contributed by atoms with Gasteiger partial charge in [0.15, 0.2) is 0 Å². The number of amides is 1. The van der Waals surface area contributed by atoms with Crippen molar-refractivity contribution in [2.45, 2.75) is 47.0 Å². The Morgan fingerprint density at radius 2 is 1.95 bits per heavy atom. The van der Waals surface area contributed by atoms with Gasteiger partial charge in [-0.15, -0.1) is 0 Å². The van der Waals surface area contributed by atoms with E-state index in [0.29, 0.717) is 17.7 Å². The van der Waals surface area contributed by atoms with Gasteiger partial charge in [0.25, 0.3) is 0 Å². The summed E-state index contributed by atoms with van der Waals surface area (Å²) in [4.78, 5) is 17.1. The SMILES string of the molecule is CCN(CC)CCN(CC(C)C)C(=O)CC1CCCNC1. The lowest BCUT2D eigenvalue weighted by molar-refractivity contribution is -0.133. The van der Waals surface area contributed by atoms with Gasteiger partial charge in [0.2, 0.25) is 5.91 Å². The van der Waals surface area contributed by atoms with E-state index in [0.717, 1.165) is 52.2 Å². The van der Waals surface area contributed by atoms with Crippen LogP contribution in [0.5, 0.6) is 0 Å². The third-order valence-corrected chi connectivity index (χ3v) is 4.38. The molecule has 0 aromatic carbocycles. The fraction of sp³-hybridized carbons (Fsp3) is 0.941. The van der Waals surface area contributed by atoms with Crippen molar-refractivity contribution in [3.8, 4) is 0 Å². The van der Waals surface area contributed by atoms with Crippen LogP contribution in [0.2, 0.25) is 0 Å². The number of nitrogens with zero attached hydrogens (tertiary/aromatic N) is 2. The van der Waals surface area contributed by atoms with Crippen LogP contribution in [0, 0.1) is 11.8 Å². The van der Waals surface area contributed by atoms with Crippen LogP contribution in [0.1, 0.15) is 47.0 Å². The zero-order valence-electron chi connectivity index (χ0n) is 14.5. The van der Waals surface area contributed by atoms with Crippen LogP contribution < -0.4 is 5.32 Å². The van der Waals surface area contributed by atoms with E-state index in [2.05, 4.69) is 42.8 Å². The largest absolute Gasteiger partial charge is 0.341 e. The fourth-order valence-electron chi connectivity index (χ4n) is 3.03. The lowest BCUT2D eigenvalue weighted by Gasteiger charge is -2.30. The highest BCUT2D eigenvalue weighted by molar-refractivity contribution is 5.76. The summed E-state index contributed by atoms with van der Waals surface area (Å²) in [5.41, 5.74) is 0. The summed E-state index contributed by atoms with van der Waals surface area (Å²) in [5, 5.41) is 3.41. The number of likely N-dealkylation sites (N-methyl/N-ethyl adjacent to an activating group) is 1. The number of hydrogen-bond donors (Lipinski definition) is 1. The molecule has 0 radical (unpaired) electrons. The van der Waals surface area contributed by atoms with Gasteiger partial charge in [0.05, 0.1) is 0 Å². The Balaban J connectivity index is 2.47. The number of hydrogen-bond acceptors (Lipinski definition) is 3. The van der Waals surface area contributed by atoms with E-state index < -0.39 is 0 Å². The minimum absolute atomic E-state index is 0.351. The normalized spacial score (nSPS) is 19.2. The number of carbonyl (C=O) groups is 1. The molecule has 1 unspecified atom stereocenters. The van der Waals surface area contributed by atoms with Gasteiger partial charge in [-0.2, -0.15) is 0 Å². The second-order valence-electron chi connectivity index (χ2n) is 6.68. The van der Waals surface area contributed by atoms with Crippen LogP contribution in [0.25, 0.3) is 0 Å². The van der Waals surface area contributed by atoms with Gasteiger partial charge >= 0.3 is 0 Å². The standard InChI is InChI=1S/C17H35N3O/c1-5-19(6-2)10-11-20(14-15(3)4)17(21)12-16-8-7-9-18-13-16/h15-16,18H,5-14H2,1-4H3. The first kappa shape index (κ1) is 18.4. The Hall–Kier alpha value is -0.610. The molecule has 1 aliphatic heterocycles. The minimum Gasteiger partial charge on any atom is -0.341 e. The molecule has 4 heteroatoms. The Labute approximate surface area is 131 Å². The summed E-state index contributed by atoms with van der Waals surface area (Å²) >= 11 is 0. The average Bonchev–Trinajstić information content (AvgIpc) is 2.47. The Morgan fingerprint density at radius 3 is 2.48 bits per heavy atom. The van der Waals surface area contributed by atoms with Crippen LogP contribution in [-0.4, -0.2) is 61.5 Å². The number of rotatable bonds is 9. The predicted molar refractivity (Wildman–Crippen MR) is 89.4 cm³/mol. The second-order valence-corrected chi connectivity index (χ2v) is 6.68. The quantitative estimate of drug-likeness (QED) is 0.709. The molecule has 1 amide bonds. The zero-order chi connectivity index (χ0) is 15.7. The molecule has 0 saturated carbocycles. The van der Waals surface area contributed by atoms with E-state index in [-0.39, 0.29) is 0 Å². The van der Waals surface area contributed by atoms with Crippen LogP contribution >= 0.6 is 0 Å². The van der Waals surface area contributed by atoms with E-state index in [4.69, 9.17) is 0 Å². The van der Waals surface area contributed by atoms with E-state index in [1.165, 1.54) is 12.8 Å². The molecular weight excluding hydrogens is 262 g/mol. The summed E-state index contributed by atoms with van der Waals surface area (Å²) in [6.45, 7) is 15.8. The van der Waals surface area contributed by atoms with Crippen LogP contribution in [0.3, 0.4) is 0 Å². The molecule has 1 saturated heterocycles. The van der Waals surface area contributed by atoms with Crippen molar-refractivity contribution in [3.63, 3.8) is 0 Å². The smallest absolute Gasteiger partial charge is 0.222 e. The van der Waals surface area contributed by atoms with Gasteiger partial charge < -0.3 is 15.1 Å². The van der Waals surface area contributed by atoms with Crippen molar-refractivity contribution in [2.24, 2.45) is 11.8 Å². The molecule has 1 atom stereocenters. The molecule has 1 aliphatic rings. The lowest BCUT2D eigenvalue weighted by atomic mass is 9.95. The Morgan fingerprint density at radius 1 is 1.24 bits per heavy atom. The molecule has 0 aromatic heterocycles. The third kappa shape index (κ3) is 7.28. The van der Waals surface area contributed by atoms with Gasteiger partial charge in [0, 0.05) is 26.1 Å². The van der Waals surface area contributed by atoms with Gasteiger partial charge in [-0.3, -0.25) is 4.79 Å². The highest BCUT2D eigenvalue weighted by atomic mass is 16.2. The minimum atomic E-state index is 0.351. The maximum absolute atomic E-state index is 12.6. The van der Waals surface area contributed by atoms with E-state index in [1.54, 1.807) is 0 Å². The van der Waals surface area contributed by atoms with Crippen molar-refractivity contribution in [2.75, 3.05) is 45.8 Å². The molecule has 4 nitrogen and oxygen atoms in total. The van der Waals surface area contributed by atoms with E-state index >= 15 is 0 Å². The molecule has 21 heavy (non-hydrogen) atoms. The van der Waals surface area contributed by atoms with E-state index in [9.17, 15) is 4.79 Å². The topological polar surface area (TPSA) is 35.6 Å². The highest BCUT2D eigenvalue weighted by Gasteiger charge is 2.21. The molecule has 1 rings (SSSR count). The molecule has 124 valence electrons. The summed E-state index contributed by atoms with van der Waals surface area (Å²) in [6.07, 6.45) is 3.13. The van der Waals surface area contributed by atoms with Gasteiger partial charge in [-0.25, -0.2) is 0 Å². The molecular formula is C17H35N3O. The molecule has 1 N–H and O–H groups in total. The van der Waals surface area contributed by atoms with Crippen LogP contribution in [0.4, 0.5) is 0 Å². The first-order valence-electron chi connectivity index (χ1n) is 8.77. The maximum atomic E-state index is 12.6. The number of carbonyl (C=O) groups excluding carboxylic acids is 1. The van der Waals surface area contributed by atoms with Gasteiger partial charge in [-0.1, -0.05) is 27.7 Å². The predicted octanol–water partition coefficient (Wildman–Crippen LogP) is 2.20. The van der Waals surface area contributed by atoms with E-state index in [1.807, 2.05) is 0 Å². The number of nitrogens with one attached hydrogen (secondary N) is 1. The maximum Gasteiger partial charge on any atom is 0.222 e. The number of piperidine rings is 1. The van der Waals surface area contributed by atoms with Crippen molar-refractivity contribution < 1.29 is 4.79 Å². The molecule has 0 aromatic rings. The lowest BCUT2D eigenvalue weighted by Crippen LogP contribution is -2.42. The fourth-order valence-corrected chi connectivity index (χ4v) is 3.03. The highest BCUT2D eigenvalue weighted by Crippen LogP contribution is 2.16. The van der Waals surface area contributed by atoms with Gasteiger partial charge in [-0.05, 0) is 50.9 Å². The molecule has 1 fully saturated rings. The summed E-state index contributed by atoms with van der Waals surface area (Å²) in [7, 11) is 0. The van der Waals surface area contributed by atoms with Crippen LogP contribution in [-0.2, 0) is 4.79 Å². The summed E-state index contributed by atoms with van der Waals surface area (Å²) in [5.74, 6) is 1.43. The molecule has 1 heterocycles. The Kier molecular flexibility index (Phi) is 8.93. The van der Waals surface area contributed by atoms with Crippen LogP contribution in [0.15, 0.2) is 0 Å². The third-order valence-electron chi connectivity index (χ3n) is 4.38. The monoisotopic (exact) mass is 297 g/mol. The van der Waals surface area contributed by atoms with Crippen molar-refractivity contribution >= 4 is 5.91 Å². The first-order chi connectivity index (χ1) is 10.1. The van der Waals surface area contributed by atoms with Gasteiger partial charge in [0.1, 0.15) is 0 Å². The van der Waals surface area contributed by atoms with Crippen molar-refractivity contribution in [3.05, 3.63) is 0 Å². The molecule has 0 spiro atoms. The Bertz CT molecular complexity index is 284. The van der Waals surface area contributed by atoms with Crippen molar-refractivity contribution in [1.29, 1.82) is 0 Å². The molecule has 0 aliphatic carbocycles. The zero-order valence-corrected chi connectivity index (χ0v) is 14.5. The summed E-state index contributed by atoms with van der Waals surface area (Å²) < 4.78 is 0. The summed E-state index contributed by atoms with van der Waals surface area (Å²) in [6, 6.07) is 0.